The molecule has 1 aromatic heterocycles. The third kappa shape index (κ3) is 5.55. The van der Waals surface area contributed by atoms with Crippen LogP contribution in [0.4, 0.5) is 4.39 Å². The molecule has 1 aliphatic rings. The zero-order valence-electron chi connectivity index (χ0n) is 18.2. The smallest absolute Gasteiger partial charge is 0.230 e. The van der Waals surface area contributed by atoms with Crippen LogP contribution in [0.25, 0.3) is 17.1 Å². The van der Waals surface area contributed by atoms with Gasteiger partial charge in [-0.2, -0.15) is 0 Å². The summed E-state index contributed by atoms with van der Waals surface area (Å²) in [6.45, 7) is 6.16. The van der Waals surface area contributed by atoms with Crippen LogP contribution in [0.3, 0.4) is 0 Å². The fourth-order valence-electron chi connectivity index (χ4n) is 3.93. The van der Waals surface area contributed by atoms with Gasteiger partial charge in [-0.15, -0.1) is 10.2 Å². The Labute approximate surface area is 192 Å². The largest absolute Gasteiger partial charge is 0.355 e. The van der Waals surface area contributed by atoms with Crippen LogP contribution in [0, 0.1) is 11.7 Å². The van der Waals surface area contributed by atoms with E-state index in [0.29, 0.717) is 29.0 Å². The van der Waals surface area contributed by atoms with Crippen LogP contribution in [-0.4, -0.2) is 57.5 Å². The first-order valence-corrected chi connectivity index (χ1v) is 12.0. The van der Waals surface area contributed by atoms with Crippen molar-refractivity contribution in [1.29, 1.82) is 0 Å². The monoisotopic (exact) mass is 453 g/mol. The van der Waals surface area contributed by atoms with E-state index < -0.39 is 0 Å². The summed E-state index contributed by atoms with van der Waals surface area (Å²) in [6.07, 6.45) is 2.54. The zero-order valence-corrected chi connectivity index (χ0v) is 19.0. The van der Waals surface area contributed by atoms with Gasteiger partial charge in [0, 0.05) is 18.8 Å². The fraction of sp³-hybridized carbons (Fsp3) is 0.375. The molecule has 1 saturated heterocycles. The number of hydrogen-bond donors (Lipinski definition) is 1. The minimum absolute atomic E-state index is 0.0432. The van der Waals surface area contributed by atoms with Crippen molar-refractivity contribution >= 4 is 17.7 Å². The number of carbonyl (C=O) groups excluding carboxylic acids is 1. The van der Waals surface area contributed by atoms with Crippen LogP contribution >= 0.6 is 11.8 Å². The maximum Gasteiger partial charge on any atom is 0.230 e. The summed E-state index contributed by atoms with van der Waals surface area (Å²) in [5.74, 6) is 0.634. The second kappa shape index (κ2) is 10.7. The molecule has 1 N–H and O–H groups in total. The average molecular weight is 454 g/mol. The quantitative estimate of drug-likeness (QED) is 0.496. The minimum atomic E-state index is -0.363. The molecular formula is C24H28FN5OS. The Hall–Kier alpha value is -2.71. The zero-order chi connectivity index (χ0) is 22.3. The van der Waals surface area contributed by atoms with Crippen molar-refractivity contribution in [2.45, 2.75) is 24.9 Å². The topological polar surface area (TPSA) is 63.1 Å². The Morgan fingerprint density at radius 1 is 1.09 bits per heavy atom. The van der Waals surface area contributed by atoms with Gasteiger partial charge in [0.2, 0.25) is 5.91 Å². The first-order chi connectivity index (χ1) is 15.6. The van der Waals surface area contributed by atoms with Gasteiger partial charge in [0.15, 0.2) is 11.0 Å². The highest BCUT2D eigenvalue weighted by Crippen LogP contribution is 2.29. The highest BCUT2D eigenvalue weighted by atomic mass is 32.2. The third-order valence-corrected chi connectivity index (χ3v) is 6.44. The highest BCUT2D eigenvalue weighted by molar-refractivity contribution is 7.99. The number of nitrogens with zero attached hydrogens (tertiary/aromatic N) is 4. The molecule has 0 radical (unpaired) electrons. The first-order valence-electron chi connectivity index (χ1n) is 11.0. The lowest BCUT2D eigenvalue weighted by molar-refractivity contribution is -0.118. The molecule has 4 rings (SSSR count). The lowest BCUT2D eigenvalue weighted by Crippen LogP contribution is -2.35. The number of carbonyl (C=O) groups is 1. The molecule has 1 aliphatic heterocycles. The van der Waals surface area contributed by atoms with Crippen LogP contribution in [0.5, 0.6) is 0 Å². The minimum Gasteiger partial charge on any atom is -0.355 e. The van der Waals surface area contributed by atoms with Crippen LogP contribution < -0.4 is 5.32 Å². The van der Waals surface area contributed by atoms with E-state index in [-0.39, 0.29) is 17.5 Å². The van der Waals surface area contributed by atoms with Crippen molar-refractivity contribution < 1.29 is 9.18 Å². The van der Waals surface area contributed by atoms with Gasteiger partial charge < -0.3 is 10.2 Å². The van der Waals surface area contributed by atoms with E-state index >= 15 is 0 Å². The molecule has 0 saturated carbocycles. The normalized spacial score (nSPS) is 15.1. The van der Waals surface area contributed by atoms with Crippen LogP contribution in [0.2, 0.25) is 0 Å². The predicted molar refractivity (Wildman–Crippen MR) is 125 cm³/mol. The van der Waals surface area contributed by atoms with E-state index in [0.717, 1.165) is 25.3 Å². The molecule has 2 aromatic carbocycles. The van der Waals surface area contributed by atoms with Crippen molar-refractivity contribution in [3.05, 3.63) is 60.4 Å². The molecule has 2 heterocycles. The second-order valence-corrected chi connectivity index (χ2v) is 9.11. The molecule has 168 valence electrons. The number of aromatic nitrogens is 3. The standard InChI is InChI=1S/C24H28FN5OS/c1-18(16-29-13-7-8-14-29)15-26-22(31)17-32-24-28-27-23(20-11-5-6-12-21(20)25)30(24)19-9-3-2-4-10-19/h2-6,9-12,18H,7-8,13-17H2,1H3,(H,26,31). The number of nitrogens with one attached hydrogen (secondary N) is 1. The van der Waals surface area contributed by atoms with Crippen LogP contribution in [-0.2, 0) is 4.79 Å². The summed E-state index contributed by atoms with van der Waals surface area (Å²) < 4.78 is 16.3. The van der Waals surface area contributed by atoms with Gasteiger partial charge in [-0.25, -0.2) is 4.39 Å². The van der Waals surface area contributed by atoms with Gasteiger partial charge in [0.25, 0.3) is 0 Å². The lowest BCUT2D eigenvalue weighted by atomic mass is 10.1. The Morgan fingerprint density at radius 2 is 1.81 bits per heavy atom. The number of benzene rings is 2. The van der Waals surface area contributed by atoms with E-state index in [2.05, 4.69) is 27.3 Å². The molecule has 0 bridgehead atoms. The Bertz CT molecular complexity index is 1040. The summed E-state index contributed by atoms with van der Waals surface area (Å²) in [5, 5.41) is 12.1. The van der Waals surface area contributed by atoms with Gasteiger partial charge in [-0.1, -0.05) is 49.0 Å². The number of hydrogen-bond acceptors (Lipinski definition) is 5. The number of likely N-dealkylation sites (tertiary alicyclic amines) is 1. The van der Waals surface area contributed by atoms with E-state index in [9.17, 15) is 9.18 Å². The van der Waals surface area contributed by atoms with Crippen molar-refractivity contribution in [3.63, 3.8) is 0 Å². The van der Waals surface area contributed by atoms with E-state index in [1.54, 1.807) is 22.8 Å². The molecule has 1 fully saturated rings. The van der Waals surface area contributed by atoms with Gasteiger partial charge in [0.1, 0.15) is 5.82 Å². The number of rotatable bonds is 9. The number of para-hydroxylation sites is 1. The fourth-order valence-corrected chi connectivity index (χ4v) is 4.71. The van der Waals surface area contributed by atoms with Crippen molar-refractivity contribution in [2.75, 3.05) is 31.9 Å². The van der Waals surface area contributed by atoms with Crippen molar-refractivity contribution in [3.8, 4) is 17.1 Å². The summed E-state index contributed by atoms with van der Waals surface area (Å²) in [6, 6.07) is 16.1. The number of thioether (sulfide) groups is 1. The van der Waals surface area contributed by atoms with Gasteiger partial charge in [0.05, 0.1) is 11.3 Å². The SMILES string of the molecule is CC(CNC(=O)CSc1nnc(-c2ccccc2F)n1-c1ccccc1)CN1CCCC1. The Kier molecular flexibility index (Phi) is 7.55. The predicted octanol–water partition coefficient (Wildman–Crippen LogP) is 4.01. The number of halogens is 1. The first kappa shape index (κ1) is 22.5. The second-order valence-electron chi connectivity index (χ2n) is 8.16. The van der Waals surface area contributed by atoms with Gasteiger partial charge >= 0.3 is 0 Å². The molecular weight excluding hydrogens is 425 g/mol. The molecule has 1 atom stereocenters. The van der Waals surface area contributed by atoms with Crippen LogP contribution in [0.15, 0.2) is 59.8 Å². The van der Waals surface area contributed by atoms with Crippen molar-refractivity contribution in [2.24, 2.45) is 5.92 Å². The maximum atomic E-state index is 14.5. The molecule has 6 nitrogen and oxygen atoms in total. The average Bonchev–Trinajstić information content (AvgIpc) is 3.47. The molecule has 0 aliphatic carbocycles. The van der Waals surface area contributed by atoms with E-state index in [1.165, 1.54) is 30.7 Å². The van der Waals surface area contributed by atoms with Gasteiger partial charge in [-0.3, -0.25) is 9.36 Å². The molecule has 1 unspecified atom stereocenters. The Balaban J connectivity index is 1.43. The molecule has 1 amide bonds. The Morgan fingerprint density at radius 3 is 2.56 bits per heavy atom. The van der Waals surface area contributed by atoms with E-state index in [4.69, 9.17) is 0 Å². The molecule has 3 aromatic rings. The summed E-state index contributed by atoms with van der Waals surface area (Å²) >= 11 is 1.30. The third-order valence-electron chi connectivity index (χ3n) is 5.51. The molecule has 8 heteroatoms. The highest BCUT2D eigenvalue weighted by Gasteiger charge is 2.20. The van der Waals surface area contributed by atoms with Crippen molar-refractivity contribution in [1.82, 2.24) is 25.0 Å². The molecule has 32 heavy (non-hydrogen) atoms. The van der Waals surface area contributed by atoms with Crippen LogP contribution in [0.1, 0.15) is 19.8 Å². The van der Waals surface area contributed by atoms with Gasteiger partial charge in [-0.05, 0) is 56.1 Å². The number of amides is 1. The maximum absolute atomic E-state index is 14.5. The summed E-state index contributed by atoms with van der Waals surface area (Å²) in [4.78, 5) is 14.9. The summed E-state index contributed by atoms with van der Waals surface area (Å²) in [7, 11) is 0. The molecule has 0 spiro atoms. The van der Waals surface area contributed by atoms with E-state index in [1.807, 2.05) is 30.3 Å². The lowest BCUT2D eigenvalue weighted by Gasteiger charge is -2.20. The summed E-state index contributed by atoms with van der Waals surface area (Å²) in [5.41, 5.74) is 1.19.